The van der Waals surface area contributed by atoms with E-state index in [2.05, 4.69) is 42.7 Å². The summed E-state index contributed by atoms with van der Waals surface area (Å²) < 4.78 is 1.92. The van der Waals surface area contributed by atoms with Gasteiger partial charge in [0.05, 0.1) is 0 Å². The summed E-state index contributed by atoms with van der Waals surface area (Å²) >= 11 is 0. The maximum absolute atomic E-state index is 12.8. The molecule has 1 saturated heterocycles. The summed E-state index contributed by atoms with van der Waals surface area (Å²) in [5, 5.41) is 8.86. The van der Waals surface area contributed by atoms with Gasteiger partial charge < -0.3 is 25.3 Å². The fourth-order valence-electron chi connectivity index (χ4n) is 5.39. The molecule has 0 spiro atoms. The van der Waals surface area contributed by atoms with Crippen molar-refractivity contribution in [2.24, 2.45) is 0 Å². The molecule has 2 aromatic carbocycles. The minimum Gasteiger partial charge on any atom is -0.351 e. The zero-order valence-electron chi connectivity index (χ0n) is 25.0. The lowest BCUT2D eigenvalue weighted by molar-refractivity contribution is 0.0946. The Morgan fingerprint density at radius 1 is 0.822 bits per heavy atom. The molecule has 0 unspecified atom stereocenters. The number of rotatable bonds is 8. The van der Waals surface area contributed by atoms with Crippen molar-refractivity contribution < 1.29 is 9.59 Å². The molecule has 0 atom stereocenters. The number of hydrogen-bond donors (Lipinski definition) is 3. The number of benzene rings is 2. The minimum absolute atomic E-state index is 0.0781. The highest BCUT2D eigenvalue weighted by Crippen LogP contribution is 2.26. The number of carbonyl (C=O) groups is 2. The number of anilines is 1. The second-order valence-electron chi connectivity index (χ2n) is 11.0. The number of aromatic nitrogens is 3. The van der Waals surface area contributed by atoms with E-state index in [1.165, 1.54) is 19.3 Å². The lowest BCUT2D eigenvalue weighted by atomic mass is 9.99. The van der Waals surface area contributed by atoms with Gasteiger partial charge in [0, 0.05) is 73.0 Å². The van der Waals surface area contributed by atoms with E-state index in [1.807, 2.05) is 71.4 Å². The summed E-state index contributed by atoms with van der Waals surface area (Å²) in [6, 6.07) is 20.4. The second-order valence-corrected chi connectivity index (χ2v) is 11.0. The lowest BCUT2D eigenvalue weighted by Gasteiger charge is -2.26. The van der Waals surface area contributed by atoms with Crippen molar-refractivity contribution >= 4 is 23.3 Å². The van der Waals surface area contributed by atoms with Gasteiger partial charge in [0.15, 0.2) is 0 Å². The number of imidazole rings is 1. The number of nitrogens with one attached hydrogen (secondary N) is 3. The summed E-state index contributed by atoms with van der Waals surface area (Å²) in [4.78, 5) is 36.2. The van der Waals surface area contributed by atoms with Gasteiger partial charge in [0.2, 0.25) is 0 Å². The summed E-state index contributed by atoms with van der Waals surface area (Å²) in [5.41, 5.74) is 6.43. The highest BCUT2D eigenvalue weighted by molar-refractivity contribution is 5.94. The summed E-state index contributed by atoms with van der Waals surface area (Å²) in [6.45, 7) is 4.11. The number of amides is 3. The van der Waals surface area contributed by atoms with E-state index in [4.69, 9.17) is 0 Å². The van der Waals surface area contributed by atoms with Crippen LogP contribution in [0, 0.1) is 11.8 Å². The third kappa shape index (κ3) is 7.93. The fourth-order valence-corrected chi connectivity index (χ4v) is 5.39. The highest BCUT2D eigenvalue weighted by Gasteiger charge is 2.11. The van der Waals surface area contributed by atoms with Crippen LogP contribution in [0.1, 0.15) is 46.3 Å². The summed E-state index contributed by atoms with van der Waals surface area (Å²) in [5.74, 6) is 6.42. The fraction of sp³-hybridized carbons (Fsp3) is 0.222. The standard InChI is InChI=1S/C36H35N7O2/c44-35(39-17-22-42-19-2-1-3-20-42)30-7-4-27(5-8-30)6-9-31-25-32(10-11-33(31)29-12-15-37-16-13-29)41-36(45)40-26-28-14-21-43-23-18-38-34(43)24-28/h4-5,7-8,10-16,18,21,23-25H,1-3,17,19-20,22,26H2,(H,39,44)(H2,40,41,45). The molecular formula is C36H35N7O2. The molecule has 5 aromatic rings. The van der Waals surface area contributed by atoms with Gasteiger partial charge in [-0.3, -0.25) is 9.78 Å². The van der Waals surface area contributed by atoms with Crippen LogP contribution in [0.5, 0.6) is 0 Å². The Labute approximate surface area is 262 Å². The number of urea groups is 1. The smallest absolute Gasteiger partial charge is 0.319 e. The van der Waals surface area contributed by atoms with Crippen LogP contribution in [-0.4, -0.2) is 57.4 Å². The van der Waals surface area contributed by atoms with E-state index < -0.39 is 0 Å². The molecule has 0 aliphatic carbocycles. The third-order valence-electron chi connectivity index (χ3n) is 7.84. The maximum atomic E-state index is 12.8. The van der Waals surface area contributed by atoms with Crippen molar-refractivity contribution in [3.63, 3.8) is 0 Å². The van der Waals surface area contributed by atoms with Crippen molar-refractivity contribution in [2.75, 3.05) is 31.5 Å². The van der Waals surface area contributed by atoms with Gasteiger partial charge in [0.25, 0.3) is 5.91 Å². The summed E-state index contributed by atoms with van der Waals surface area (Å²) in [6.07, 6.45) is 12.8. The quantitative estimate of drug-likeness (QED) is 0.210. The molecule has 4 heterocycles. The van der Waals surface area contributed by atoms with Crippen molar-refractivity contribution in [2.45, 2.75) is 25.8 Å². The topological polar surface area (TPSA) is 104 Å². The Balaban J connectivity index is 1.12. The molecule has 3 N–H and O–H groups in total. The monoisotopic (exact) mass is 597 g/mol. The zero-order valence-corrected chi connectivity index (χ0v) is 25.0. The van der Waals surface area contributed by atoms with Crippen molar-refractivity contribution in [3.05, 3.63) is 120 Å². The van der Waals surface area contributed by atoms with E-state index in [0.717, 1.165) is 53.1 Å². The molecule has 1 aliphatic rings. The van der Waals surface area contributed by atoms with Gasteiger partial charge in [-0.05, 0) is 103 Å². The van der Waals surface area contributed by atoms with Gasteiger partial charge in [-0.1, -0.05) is 24.3 Å². The Morgan fingerprint density at radius 2 is 1.64 bits per heavy atom. The van der Waals surface area contributed by atoms with Crippen molar-refractivity contribution in [1.29, 1.82) is 0 Å². The largest absolute Gasteiger partial charge is 0.351 e. The second kappa shape index (κ2) is 14.3. The van der Waals surface area contributed by atoms with E-state index in [9.17, 15) is 9.59 Å². The molecule has 0 radical (unpaired) electrons. The van der Waals surface area contributed by atoms with Gasteiger partial charge in [-0.2, -0.15) is 0 Å². The van der Waals surface area contributed by atoms with E-state index in [-0.39, 0.29) is 11.9 Å². The molecule has 1 fully saturated rings. The number of piperidine rings is 1. The lowest BCUT2D eigenvalue weighted by Crippen LogP contribution is -2.37. The zero-order chi connectivity index (χ0) is 30.8. The van der Waals surface area contributed by atoms with E-state index in [0.29, 0.717) is 24.3 Å². The van der Waals surface area contributed by atoms with E-state index in [1.54, 1.807) is 30.7 Å². The van der Waals surface area contributed by atoms with Crippen LogP contribution in [0.3, 0.4) is 0 Å². The van der Waals surface area contributed by atoms with E-state index >= 15 is 0 Å². The van der Waals surface area contributed by atoms with Crippen LogP contribution in [-0.2, 0) is 6.54 Å². The van der Waals surface area contributed by atoms with Gasteiger partial charge in [0.1, 0.15) is 5.65 Å². The molecular weight excluding hydrogens is 562 g/mol. The molecule has 3 amide bonds. The van der Waals surface area contributed by atoms with Crippen LogP contribution in [0.4, 0.5) is 10.5 Å². The number of pyridine rings is 2. The normalized spacial score (nSPS) is 13.1. The van der Waals surface area contributed by atoms with Gasteiger partial charge >= 0.3 is 6.03 Å². The molecule has 1 aliphatic heterocycles. The van der Waals surface area contributed by atoms with Crippen LogP contribution >= 0.6 is 0 Å². The average Bonchev–Trinajstić information content (AvgIpc) is 3.56. The predicted molar refractivity (Wildman–Crippen MR) is 176 cm³/mol. The Morgan fingerprint density at radius 3 is 2.47 bits per heavy atom. The first kappa shape index (κ1) is 29.6. The van der Waals surface area contributed by atoms with Crippen molar-refractivity contribution in [3.8, 4) is 23.0 Å². The first-order chi connectivity index (χ1) is 22.1. The number of hydrogen-bond acceptors (Lipinski definition) is 5. The van der Waals surface area contributed by atoms with Crippen LogP contribution in [0.15, 0.2) is 97.7 Å². The summed E-state index contributed by atoms with van der Waals surface area (Å²) in [7, 11) is 0. The number of nitrogens with zero attached hydrogens (tertiary/aromatic N) is 4. The molecule has 9 heteroatoms. The molecule has 0 bridgehead atoms. The third-order valence-corrected chi connectivity index (χ3v) is 7.84. The Kier molecular flexibility index (Phi) is 9.43. The van der Waals surface area contributed by atoms with Crippen LogP contribution in [0.2, 0.25) is 0 Å². The molecule has 9 nitrogen and oxygen atoms in total. The number of fused-ring (bicyclic) bond motifs is 1. The van der Waals surface area contributed by atoms with Gasteiger partial charge in [-0.25, -0.2) is 9.78 Å². The molecule has 6 rings (SSSR count). The molecule has 226 valence electrons. The first-order valence-electron chi connectivity index (χ1n) is 15.2. The number of carbonyl (C=O) groups excluding carboxylic acids is 2. The van der Waals surface area contributed by atoms with Gasteiger partial charge in [-0.15, -0.1) is 0 Å². The highest BCUT2D eigenvalue weighted by atomic mass is 16.2. The molecule has 3 aromatic heterocycles. The first-order valence-corrected chi connectivity index (χ1v) is 15.2. The SMILES string of the molecule is O=C(NCc1ccn2ccnc2c1)Nc1ccc(-c2ccncc2)c(C#Cc2ccc(C(=O)NCCN3CCCCC3)cc2)c1. The van der Waals surface area contributed by atoms with Crippen LogP contribution < -0.4 is 16.0 Å². The number of likely N-dealkylation sites (tertiary alicyclic amines) is 1. The Bertz CT molecular complexity index is 1830. The Hall–Kier alpha value is -5.46. The predicted octanol–water partition coefficient (Wildman–Crippen LogP) is 5.33. The maximum Gasteiger partial charge on any atom is 0.319 e. The molecule has 45 heavy (non-hydrogen) atoms. The van der Waals surface area contributed by atoms with Crippen molar-refractivity contribution in [1.82, 2.24) is 29.9 Å². The minimum atomic E-state index is -0.321. The average molecular weight is 598 g/mol. The van der Waals surface area contributed by atoms with Crippen LogP contribution in [0.25, 0.3) is 16.8 Å². The molecule has 0 saturated carbocycles.